The normalized spacial score (nSPS) is 10.4. The second-order valence-electron chi connectivity index (χ2n) is 4.58. The largest absolute Gasteiger partial charge is 0.497 e. The average molecular weight is 321 g/mol. The van der Waals surface area contributed by atoms with Crippen molar-refractivity contribution in [3.05, 3.63) is 23.1 Å². The second-order valence-corrected chi connectivity index (χ2v) is 5.78. The van der Waals surface area contributed by atoms with Crippen molar-refractivity contribution in [3.8, 4) is 22.8 Å². The van der Waals surface area contributed by atoms with Crippen LogP contribution in [0.15, 0.2) is 18.2 Å². The van der Waals surface area contributed by atoms with E-state index >= 15 is 0 Å². The van der Waals surface area contributed by atoms with Gasteiger partial charge in [0.2, 0.25) is 5.91 Å². The number of rotatable bonds is 6. The molecule has 1 heterocycles. The number of nitrogens with two attached hydrogens (primary N) is 1. The maximum atomic E-state index is 11.6. The molecule has 0 unspecified atom stereocenters. The number of carbonyl (C=O) groups excluding carboxylic acids is 1. The van der Waals surface area contributed by atoms with Gasteiger partial charge in [-0.05, 0) is 25.1 Å². The van der Waals surface area contributed by atoms with Crippen LogP contribution in [0.2, 0.25) is 0 Å². The van der Waals surface area contributed by atoms with Crippen molar-refractivity contribution in [1.29, 1.82) is 0 Å². The molecule has 22 heavy (non-hydrogen) atoms. The molecule has 2 aromatic rings. The maximum Gasteiger partial charge on any atom is 0.227 e. The molecule has 0 aliphatic carbocycles. The van der Waals surface area contributed by atoms with Gasteiger partial charge in [0, 0.05) is 23.4 Å². The number of aryl methyl sites for hydroxylation is 1. The summed E-state index contributed by atoms with van der Waals surface area (Å²) < 4.78 is 10.6. The zero-order valence-corrected chi connectivity index (χ0v) is 13.6. The molecule has 0 saturated carbocycles. The first-order valence-corrected chi connectivity index (χ1v) is 7.60. The second kappa shape index (κ2) is 7.24. The Morgan fingerprint density at radius 1 is 1.36 bits per heavy atom. The first kappa shape index (κ1) is 16.3. The van der Waals surface area contributed by atoms with E-state index in [1.807, 2.05) is 25.1 Å². The molecular formula is C15H19N3O3S. The van der Waals surface area contributed by atoms with Gasteiger partial charge in [-0.25, -0.2) is 4.98 Å². The van der Waals surface area contributed by atoms with Crippen LogP contribution in [0, 0.1) is 6.92 Å². The molecule has 1 aromatic carbocycles. The van der Waals surface area contributed by atoms with E-state index in [1.54, 1.807) is 14.2 Å². The van der Waals surface area contributed by atoms with Crippen molar-refractivity contribution in [2.24, 2.45) is 5.73 Å². The van der Waals surface area contributed by atoms with Gasteiger partial charge in [-0.1, -0.05) is 0 Å². The van der Waals surface area contributed by atoms with Crippen LogP contribution in [0.4, 0.5) is 5.13 Å². The molecule has 0 saturated heterocycles. The highest BCUT2D eigenvalue weighted by atomic mass is 32.1. The van der Waals surface area contributed by atoms with E-state index < -0.39 is 0 Å². The standard InChI is InChI=1S/C15H19N3O3S/c1-9-14(18-15(22-9)17-13(19)6-7-16)11-8-10(20-2)4-5-12(11)21-3/h4-5,8H,6-7,16H2,1-3H3,(H,17,18,19). The van der Waals surface area contributed by atoms with Gasteiger partial charge in [0.05, 0.1) is 19.9 Å². The van der Waals surface area contributed by atoms with Crippen molar-refractivity contribution in [2.75, 3.05) is 26.1 Å². The summed E-state index contributed by atoms with van der Waals surface area (Å²) in [4.78, 5) is 17.1. The molecule has 7 heteroatoms. The molecule has 3 N–H and O–H groups in total. The minimum absolute atomic E-state index is 0.139. The number of anilines is 1. The van der Waals surface area contributed by atoms with Crippen LogP contribution in [0.3, 0.4) is 0 Å². The third-order valence-corrected chi connectivity index (χ3v) is 3.96. The first-order chi connectivity index (χ1) is 10.6. The number of carbonyl (C=O) groups is 1. The lowest BCUT2D eigenvalue weighted by Gasteiger charge is -2.09. The van der Waals surface area contributed by atoms with Crippen LogP contribution in [0.25, 0.3) is 11.3 Å². The fraction of sp³-hybridized carbons (Fsp3) is 0.333. The number of nitrogens with zero attached hydrogens (tertiary/aromatic N) is 1. The quantitative estimate of drug-likeness (QED) is 0.853. The van der Waals surface area contributed by atoms with Crippen LogP contribution < -0.4 is 20.5 Å². The summed E-state index contributed by atoms with van der Waals surface area (Å²) in [5, 5.41) is 3.31. The van der Waals surface area contributed by atoms with Crippen LogP contribution in [0.1, 0.15) is 11.3 Å². The Morgan fingerprint density at radius 2 is 2.14 bits per heavy atom. The molecule has 0 fully saturated rings. The van der Waals surface area contributed by atoms with E-state index in [0.29, 0.717) is 17.4 Å². The maximum absolute atomic E-state index is 11.6. The van der Waals surface area contributed by atoms with Crippen molar-refractivity contribution in [2.45, 2.75) is 13.3 Å². The SMILES string of the molecule is COc1ccc(OC)c(-c2nc(NC(=O)CCN)sc2C)c1. The number of thiazole rings is 1. The smallest absolute Gasteiger partial charge is 0.227 e. The molecule has 0 spiro atoms. The van der Waals surface area contributed by atoms with Gasteiger partial charge in [-0.15, -0.1) is 11.3 Å². The molecule has 0 aliphatic heterocycles. The first-order valence-electron chi connectivity index (χ1n) is 6.78. The zero-order chi connectivity index (χ0) is 16.1. The molecule has 1 amide bonds. The summed E-state index contributed by atoms with van der Waals surface area (Å²) in [6.07, 6.45) is 0.274. The topological polar surface area (TPSA) is 86.5 Å². The highest BCUT2D eigenvalue weighted by molar-refractivity contribution is 7.16. The van der Waals surface area contributed by atoms with E-state index in [9.17, 15) is 4.79 Å². The summed E-state index contributed by atoms with van der Waals surface area (Å²) >= 11 is 1.42. The number of ether oxygens (including phenoxy) is 2. The monoisotopic (exact) mass is 321 g/mol. The summed E-state index contributed by atoms with van der Waals surface area (Å²) in [7, 11) is 3.22. The number of nitrogens with one attached hydrogen (secondary N) is 1. The third-order valence-electron chi connectivity index (χ3n) is 3.08. The molecule has 118 valence electrons. The summed E-state index contributed by atoms with van der Waals surface area (Å²) in [5.41, 5.74) is 6.97. The zero-order valence-electron chi connectivity index (χ0n) is 12.8. The number of hydrogen-bond acceptors (Lipinski definition) is 6. The number of amides is 1. The predicted octanol–water partition coefficient (Wildman–Crippen LogP) is 2.42. The summed E-state index contributed by atoms with van der Waals surface area (Å²) in [6, 6.07) is 5.53. The van der Waals surface area contributed by atoms with Crippen molar-refractivity contribution in [1.82, 2.24) is 4.98 Å². The molecule has 0 aliphatic rings. The van der Waals surface area contributed by atoms with E-state index in [-0.39, 0.29) is 12.3 Å². The molecule has 6 nitrogen and oxygen atoms in total. The average Bonchev–Trinajstić information content (AvgIpc) is 2.87. The summed E-state index contributed by atoms with van der Waals surface area (Å²) in [5.74, 6) is 1.28. The Kier molecular flexibility index (Phi) is 5.35. The summed E-state index contributed by atoms with van der Waals surface area (Å²) in [6.45, 7) is 2.26. The molecule has 1 aromatic heterocycles. The van der Waals surface area contributed by atoms with Gasteiger partial charge in [0.1, 0.15) is 11.5 Å². The number of hydrogen-bond donors (Lipinski definition) is 2. The third kappa shape index (κ3) is 3.55. The van der Waals surface area contributed by atoms with Crippen molar-refractivity contribution in [3.63, 3.8) is 0 Å². The molecule has 0 bridgehead atoms. The lowest BCUT2D eigenvalue weighted by Crippen LogP contribution is -2.15. The highest BCUT2D eigenvalue weighted by Gasteiger charge is 2.16. The number of methoxy groups -OCH3 is 2. The van der Waals surface area contributed by atoms with Gasteiger partial charge in [0.25, 0.3) is 0 Å². The van der Waals surface area contributed by atoms with Crippen LogP contribution in [-0.4, -0.2) is 31.7 Å². The van der Waals surface area contributed by atoms with Crippen LogP contribution >= 0.6 is 11.3 Å². The van der Waals surface area contributed by atoms with E-state index in [1.165, 1.54) is 11.3 Å². The number of benzene rings is 1. The van der Waals surface area contributed by atoms with Crippen LogP contribution in [0.5, 0.6) is 11.5 Å². The highest BCUT2D eigenvalue weighted by Crippen LogP contribution is 2.37. The van der Waals surface area contributed by atoms with E-state index in [0.717, 1.165) is 21.9 Å². The molecule has 2 rings (SSSR count). The van der Waals surface area contributed by atoms with Gasteiger partial charge >= 0.3 is 0 Å². The Bertz CT molecular complexity index is 670. The van der Waals surface area contributed by atoms with Crippen LogP contribution in [-0.2, 0) is 4.79 Å². The minimum atomic E-state index is -0.139. The lowest BCUT2D eigenvalue weighted by atomic mass is 10.1. The predicted molar refractivity (Wildman–Crippen MR) is 87.7 cm³/mol. The van der Waals surface area contributed by atoms with E-state index in [4.69, 9.17) is 15.2 Å². The van der Waals surface area contributed by atoms with Crippen molar-refractivity contribution < 1.29 is 14.3 Å². The van der Waals surface area contributed by atoms with Gasteiger partial charge in [-0.2, -0.15) is 0 Å². The van der Waals surface area contributed by atoms with E-state index in [2.05, 4.69) is 10.3 Å². The van der Waals surface area contributed by atoms with Gasteiger partial charge in [0.15, 0.2) is 5.13 Å². The van der Waals surface area contributed by atoms with Gasteiger partial charge < -0.3 is 20.5 Å². The fourth-order valence-corrected chi connectivity index (χ4v) is 2.86. The van der Waals surface area contributed by atoms with Gasteiger partial charge in [-0.3, -0.25) is 4.79 Å². The Hall–Kier alpha value is -2.12. The molecule has 0 atom stereocenters. The molecule has 0 radical (unpaired) electrons. The Balaban J connectivity index is 2.36. The lowest BCUT2D eigenvalue weighted by molar-refractivity contribution is -0.116. The fourth-order valence-electron chi connectivity index (χ4n) is 2.01. The Labute approximate surface area is 133 Å². The Morgan fingerprint density at radius 3 is 2.77 bits per heavy atom. The molecular weight excluding hydrogens is 302 g/mol. The number of aromatic nitrogens is 1. The minimum Gasteiger partial charge on any atom is -0.497 e. The van der Waals surface area contributed by atoms with Crippen molar-refractivity contribution >= 4 is 22.4 Å².